The minimum absolute atomic E-state index is 0.0311. The molecule has 24 heavy (non-hydrogen) atoms. The molecule has 128 valence electrons. The van der Waals surface area contributed by atoms with Crippen LogP contribution < -0.4 is 15.4 Å². The van der Waals surface area contributed by atoms with E-state index in [9.17, 15) is 4.79 Å². The number of likely N-dealkylation sites (N-methyl/N-ethyl adjacent to an activating group) is 1. The number of nitrogens with zero attached hydrogens (tertiary/aromatic N) is 1. The molecule has 0 saturated heterocycles. The van der Waals surface area contributed by atoms with Gasteiger partial charge in [0.15, 0.2) is 5.75 Å². The summed E-state index contributed by atoms with van der Waals surface area (Å²) in [4.78, 5) is 14.2. The number of para-hydroxylation sites is 3. The summed E-state index contributed by atoms with van der Waals surface area (Å²) < 4.78 is 5.84. The molecule has 0 saturated carbocycles. The highest BCUT2D eigenvalue weighted by Crippen LogP contribution is 2.29. The van der Waals surface area contributed by atoms with Gasteiger partial charge in [-0.1, -0.05) is 30.3 Å². The Balaban J connectivity index is 1.84. The summed E-state index contributed by atoms with van der Waals surface area (Å²) in [5, 5.41) is 6.17. The van der Waals surface area contributed by atoms with Gasteiger partial charge in [-0.3, -0.25) is 4.79 Å². The molecule has 0 aliphatic carbocycles. The van der Waals surface area contributed by atoms with E-state index < -0.39 is 0 Å². The van der Waals surface area contributed by atoms with Gasteiger partial charge in [0, 0.05) is 26.1 Å². The van der Waals surface area contributed by atoms with Crippen LogP contribution in [0.15, 0.2) is 54.6 Å². The molecule has 0 fully saturated rings. The zero-order valence-electron chi connectivity index (χ0n) is 14.3. The van der Waals surface area contributed by atoms with Gasteiger partial charge in [0.2, 0.25) is 5.91 Å². The number of ether oxygens (including phenoxy) is 1. The molecule has 2 N–H and O–H groups in total. The molecular weight excluding hydrogens is 302 g/mol. The van der Waals surface area contributed by atoms with E-state index in [1.807, 2.05) is 68.7 Å². The average Bonchev–Trinajstić information content (AvgIpc) is 2.57. The lowest BCUT2D eigenvalue weighted by Crippen LogP contribution is -2.29. The van der Waals surface area contributed by atoms with Crippen LogP contribution in [-0.4, -0.2) is 44.5 Å². The van der Waals surface area contributed by atoms with Crippen LogP contribution in [0.5, 0.6) is 11.5 Å². The summed E-state index contributed by atoms with van der Waals surface area (Å²) >= 11 is 0. The number of benzene rings is 2. The quantitative estimate of drug-likeness (QED) is 0.695. The van der Waals surface area contributed by atoms with Crippen LogP contribution in [0.4, 0.5) is 5.69 Å². The highest BCUT2D eigenvalue weighted by atomic mass is 16.5. The van der Waals surface area contributed by atoms with E-state index in [0.29, 0.717) is 24.4 Å². The lowest BCUT2D eigenvalue weighted by molar-refractivity contribution is -0.116. The summed E-state index contributed by atoms with van der Waals surface area (Å²) in [7, 11) is 4.05. The summed E-state index contributed by atoms with van der Waals surface area (Å²) in [6.07, 6.45) is 0.424. The number of rotatable bonds is 9. The van der Waals surface area contributed by atoms with E-state index in [1.54, 1.807) is 0 Å². The van der Waals surface area contributed by atoms with Gasteiger partial charge in [-0.2, -0.15) is 0 Å². The van der Waals surface area contributed by atoms with E-state index in [0.717, 1.165) is 18.8 Å². The van der Waals surface area contributed by atoms with Gasteiger partial charge < -0.3 is 20.3 Å². The molecule has 0 spiro atoms. The van der Waals surface area contributed by atoms with Gasteiger partial charge in [-0.25, -0.2) is 0 Å². The van der Waals surface area contributed by atoms with Crippen LogP contribution in [0.2, 0.25) is 0 Å². The van der Waals surface area contributed by atoms with Crippen molar-refractivity contribution in [2.24, 2.45) is 0 Å². The average molecular weight is 327 g/mol. The van der Waals surface area contributed by atoms with Gasteiger partial charge >= 0.3 is 0 Å². The van der Waals surface area contributed by atoms with E-state index in [2.05, 4.69) is 15.5 Å². The Morgan fingerprint density at radius 1 is 1.00 bits per heavy atom. The largest absolute Gasteiger partial charge is 0.455 e. The van der Waals surface area contributed by atoms with Crippen molar-refractivity contribution in [2.75, 3.05) is 39.0 Å². The third-order valence-electron chi connectivity index (χ3n) is 3.40. The van der Waals surface area contributed by atoms with Crippen molar-refractivity contribution in [3.8, 4) is 11.5 Å². The predicted molar refractivity (Wildman–Crippen MR) is 97.6 cm³/mol. The molecule has 2 rings (SSSR count). The summed E-state index contributed by atoms with van der Waals surface area (Å²) in [5.74, 6) is 1.35. The maximum atomic E-state index is 12.1. The lowest BCUT2D eigenvalue weighted by Gasteiger charge is -2.13. The summed E-state index contributed by atoms with van der Waals surface area (Å²) in [6, 6.07) is 17.0. The SMILES string of the molecule is CN(C)CCNCCC(=O)Nc1ccccc1Oc1ccccc1. The van der Waals surface area contributed by atoms with Crippen molar-refractivity contribution in [1.82, 2.24) is 10.2 Å². The molecular formula is C19H25N3O2. The molecule has 0 heterocycles. The predicted octanol–water partition coefficient (Wildman–Crippen LogP) is 2.96. The van der Waals surface area contributed by atoms with Crippen LogP contribution in [-0.2, 0) is 4.79 Å². The summed E-state index contributed by atoms with van der Waals surface area (Å²) in [5.41, 5.74) is 0.680. The minimum Gasteiger partial charge on any atom is -0.455 e. The second-order valence-electron chi connectivity index (χ2n) is 5.76. The highest BCUT2D eigenvalue weighted by Gasteiger charge is 2.08. The first kappa shape index (κ1) is 18.0. The molecule has 2 aromatic carbocycles. The Bertz CT molecular complexity index is 630. The second-order valence-corrected chi connectivity index (χ2v) is 5.76. The number of anilines is 1. The normalized spacial score (nSPS) is 10.6. The first-order chi connectivity index (χ1) is 11.6. The van der Waals surface area contributed by atoms with E-state index in [4.69, 9.17) is 4.74 Å². The molecule has 2 aromatic rings. The Kier molecular flexibility index (Phi) is 7.26. The Hall–Kier alpha value is -2.37. The number of carbonyl (C=O) groups is 1. The molecule has 5 heteroatoms. The Labute approximate surface area is 143 Å². The van der Waals surface area contributed by atoms with Crippen LogP contribution >= 0.6 is 0 Å². The molecule has 0 aliphatic rings. The van der Waals surface area contributed by atoms with Crippen molar-refractivity contribution in [2.45, 2.75) is 6.42 Å². The van der Waals surface area contributed by atoms with E-state index in [-0.39, 0.29) is 5.91 Å². The minimum atomic E-state index is -0.0311. The van der Waals surface area contributed by atoms with Crippen LogP contribution in [0.1, 0.15) is 6.42 Å². The molecule has 0 aromatic heterocycles. The van der Waals surface area contributed by atoms with E-state index >= 15 is 0 Å². The van der Waals surface area contributed by atoms with Gasteiger partial charge in [-0.05, 0) is 38.4 Å². The van der Waals surface area contributed by atoms with Crippen LogP contribution in [0, 0.1) is 0 Å². The number of amides is 1. The molecule has 0 atom stereocenters. The summed E-state index contributed by atoms with van der Waals surface area (Å²) in [6.45, 7) is 2.48. The fourth-order valence-electron chi connectivity index (χ4n) is 2.12. The number of hydrogen-bond donors (Lipinski definition) is 2. The second kappa shape index (κ2) is 9.70. The zero-order chi connectivity index (χ0) is 17.2. The molecule has 0 aliphatic heterocycles. The van der Waals surface area contributed by atoms with Crippen molar-refractivity contribution < 1.29 is 9.53 Å². The van der Waals surface area contributed by atoms with Gasteiger partial charge in [0.05, 0.1) is 5.69 Å². The molecule has 1 amide bonds. The third kappa shape index (κ3) is 6.40. The molecule has 0 radical (unpaired) electrons. The van der Waals surface area contributed by atoms with Crippen LogP contribution in [0.3, 0.4) is 0 Å². The lowest BCUT2D eigenvalue weighted by atomic mass is 10.2. The van der Waals surface area contributed by atoms with Crippen LogP contribution in [0.25, 0.3) is 0 Å². The maximum Gasteiger partial charge on any atom is 0.225 e. The third-order valence-corrected chi connectivity index (χ3v) is 3.40. The number of nitrogens with one attached hydrogen (secondary N) is 2. The smallest absolute Gasteiger partial charge is 0.225 e. The number of carbonyl (C=O) groups excluding carboxylic acids is 1. The molecule has 0 unspecified atom stereocenters. The van der Waals surface area contributed by atoms with Gasteiger partial charge in [0.25, 0.3) is 0 Å². The van der Waals surface area contributed by atoms with Crippen molar-refractivity contribution >= 4 is 11.6 Å². The standard InChI is InChI=1S/C19H25N3O2/c1-22(2)15-14-20-13-12-19(23)21-17-10-6-7-11-18(17)24-16-8-4-3-5-9-16/h3-11,20H,12-15H2,1-2H3,(H,21,23). The number of hydrogen-bond acceptors (Lipinski definition) is 4. The zero-order valence-corrected chi connectivity index (χ0v) is 14.3. The van der Waals surface area contributed by atoms with Gasteiger partial charge in [-0.15, -0.1) is 0 Å². The fourth-order valence-corrected chi connectivity index (χ4v) is 2.12. The topological polar surface area (TPSA) is 53.6 Å². The van der Waals surface area contributed by atoms with Crippen molar-refractivity contribution in [3.63, 3.8) is 0 Å². The van der Waals surface area contributed by atoms with E-state index in [1.165, 1.54) is 0 Å². The molecule has 5 nitrogen and oxygen atoms in total. The Morgan fingerprint density at radius 2 is 1.71 bits per heavy atom. The molecule has 0 bridgehead atoms. The van der Waals surface area contributed by atoms with Crippen molar-refractivity contribution in [3.05, 3.63) is 54.6 Å². The monoisotopic (exact) mass is 327 g/mol. The Morgan fingerprint density at radius 3 is 2.46 bits per heavy atom. The first-order valence-electron chi connectivity index (χ1n) is 8.12. The highest BCUT2D eigenvalue weighted by molar-refractivity contribution is 5.92. The first-order valence-corrected chi connectivity index (χ1v) is 8.12. The fraction of sp³-hybridized carbons (Fsp3) is 0.316. The van der Waals surface area contributed by atoms with Crippen molar-refractivity contribution in [1.29, 1.82) is 0 Å². The van der Waals surface area contributed by atoms with Gasteiger partial charge in [0.1, 0.15) is 5.75 Å². The maximum absolute atomic E-state index is 12.1.